The predicted molar refractivity (Wildman–Crippen MR) is 75.5 cm³/mol. The first-order valence-corrected chi connectivity index (χ1v) is 6.05. The Kier molecular flexibility index (Phi) is 4.68. The maximum absolute atomic E-state index is 13.4. The molecule has 0 heterocycles. The van der Waals surface area contributed by atoms with E-state index in [9.17, 15) is 9.18 Å². The van der Waals surface area contributed by atoms with E-state index in [4.69, 9.17) is 11.6 Å². The molecule has 0 aliphatic rings. The van der Waals surface area contributed by atoms with Crippen molar-refractivity contribution in [3.8, 4) is 0 Å². The molecular formula is C14H10ClFN2O2. The summed E-state index contributed by atoms with van der Waals surface area (Å²) in [4.78, 5) is 16.0. The highest BCUT2D eigenvalue weighted by molar-refractivity contribution is 6.33. The van der Waals surface area contributed by atoms with E-state index in [1.165, 1.54) is 18.2 Å². The number of anilines is 1. The van der Waals surface area contributed by atoms with Gasteiger partial charge in [-0.2, -0.15) is 0 Å². The minimum atomic E-state index is -0.778. The molecule has 0 spiro atoms. The molecule has 6 heteroatoms. The Bertz CT molecular complexity index is 612. The first kappa shape index (κ1) is 14.0. The fraction of sp³-hybridized carbons (Fsp3) is 0. The lowest BCUT2D eigenvalue weighted by Gasteiger charge is -2.02. The lowest BCUT2D eigenvalue weighted by atomic mass is 10.2. The van der Waals surface area contributed by atoms with E-state index >= 15 is 0 Å². The number of nitrogens with one attached hydrogen (secondary N) is 1. The third kappa shape index (κ3) is 3.80. The average molecular weight is 293 g/mol. The second-order valence-corrected chi connectivity index (χ2v) is 4.15. The van der Waals surface area contributed by atoms with Gasteiger partial charge in [-0.15, -0.1) is 0 Å². The number of nitrogens with zero attached hydrogens (tertiary/aromatic N) is 1. The van der Waals surface area contributed by atoms with Gasteiger partial charge >= 0.3 is 6.09 Å². The molecule has 102 valence electrons. The number of hydrogen-bond donors (Lipinski definition) is 1. The summed E-state index contributed by atoms with van der Waals surface area (Å²) < 4.78 is 13.4. The highest BCUT2D eigenvalue weighted by Gasteiger charge is 2.05. The van der Waals surface area contributed by atoms with Crippen LogP contribution >= 0.6 is 11.6 Å². The summed E-state index contributed by atoms with van der Waals surface area (Å²) in [6, 6.07) is 12.9. The van der Waals surface area contributed by atoms with Gasteiger partial charge in [-0.1, -0.05) is 41.0 Å². The van der Waals surface area contributed by atoms with E-state index in [1.54, 1.807) is 24.3 Å². The normalized spacial score (nSPS) is 10.5. The topological polar surface area (TPSA) is 50.7 Å². The largest absolute Gasteiger partial charge is 0.437 e. The van der Waals surface area contributed by atoms with Crippen LogP contribution in [0.25, 0.3) is 0 Å². The van der Waals surface area contributed by atoms with Crippen molar-refractivity contribution < 1.29 is 14.0 Å². The highest BCUT2D eigenvalue weighted by Crippen LogP contribution is 2.16. The number of para-hydroxylation sites is 1. The van der Waals surface area contributed by atoms with Crippen LogP contribution in [0.2, 0.25) is 5.02 Å². The lowest BCUT2D eigenvalue weighted by molar-refractivity contribution is 0.167. The van der Waals surface area contributed by atoms with Gasteiger partial charge in [0.05, 0.1) is 16.8 Å². The Morgan fingerprint density at radius 3 is 2.65 bits per heavy atom. The first-order chi connectivity index (χ1) is 9.66. The van der Waals surface area contributed by atoms with Crippen LogP contribution in [-0.2, 0) is 4.84 Å². The number of carbonyl (C=O) groups excluding carboxylic acids is 1. The average Bonchev–Trinajstić information content (AvgIpc) is 2.43. The van der Waals surface area contributed by atoms with Crippen LogP contribution in [-0.4, -0.2) is 12.3 Å². The molecule has 0 saturated carbocycles. The van der Waals surface area contributed by atoms with E-state index in [1.807, 2.05) is 6.07 Å². The standard InChI is InChI=1S/C14H10ClFN2O2/c15-12-7-4-8-13(16)11(12)9-17-20-14(19)18-10-5-2-1-3-6-10/h1-9H,(H,18,19)/b17-9+. The quantitative estimate of drug-likeness (QED) is 0.527. The second-order valence-electron chi connectivity index (χ2n) is 3.74. The van der Waals surface area contributed by atoms with Crippen molar-refractivity contribution in [3.05, 3.63) is 64.9 Å². The Labute approximate surface area is 119 Å². The van der Waals surface area contributed by atoms with Gasteiger partial charge in [-0.3, -0.25) is 10.2 Å². The van der Waals surface area contributed by atoms with Gasteiger partial charge in [0, 0.05) is 5.69 Å². The van der Waals surface area contributed by atoms with E-state index in [-0.39, 0.29) is 10.6 Å². The SMILES string of the molecule is O=C(Nc1ccccc1)O/N=C/c1c(F)cccc1Cl. The van der Waals surface area contributed by atoms with E-state index in [0.29, 0.717) is 5.69 Å². The zero-order chi connectivity index (χ0) is 14.4. The number of carbonyl (C=O) groups is 1. The van der Waals surface area contributed by atoms with Crippen LogP contribution in [0.1, 0.15) is 5.56 Å². The lowest BCUT2D eigenvalue weighted by Crippen LogP contribution is -2.10. The summed E-state index contributed by atoms with van der Waals surface area (Å²) in [6.45, 7) is 0. The first-order valence-electron chi connectivity index (χ1n) is 5.67. The van der Waals surface area contributed by atoms with Crippen LogP contribution in [0.4, 0.5) is 14.9 Å². The van der Waals surface area contributed by atoms with Crippen LogP contribution in [0.3, 0.4) is 0 Å². The molecule has 0 unspecified atom stereocenters. The van der Waals surface area contributed by atoms with Crippen molar-refractivity contribution in [2.45, 2.75) is 0 Å². The zero-order valence-electron chi connectivity index (χ0n) is 10.2. The third-order valence-electron chi connectivity index (χ3n) is 2.34. The molecule has 0 aliphatic carbocycles. The third-order valence-corrected chi connectivity index (χ3v) is 2.67. The van der Waals surface area contributed by atoms with Gasteiger partial charge in [0.25, 0.3) is 0 Å². The van der Waals surface area contributed by atoms with Gasteiger partial charge < -0.3 is 0 Å². The second kappa shape index (κ2) is 6.68. The Hall–Kier alpha value is -2.40. The Balaban J connectivity index is 1.95. The molecule has 1 N–H and O–H groups in total. The summed E-state index contributed by atoms with van der Waals surface area (Å²) in [5.41, 5.74) is 0.623. The number of halogens is 2. The van der Waals surface area contributed by atoms with Crippen molar-refractivity contribution in [2.24, 2.45) is 5.16 Å². The van der Waals surface area contributed by atoms with Gasteiger partial charge in [0.15, 0.2) is 0 Å². The molecule has 0 fully saturated rings. The van der Waals surface area contributed by atoms with Crippen LogP contribution in [0.15, 0.2) is 53.7 Å². The number of hydrogen-bond acceptors (Lipinski definition) is 3. The van der Waals surface area contributed by atoms with Crippen LogP contribution in [0.5, 0.6) is 0 Å². The molecule has 0 saturated heterocycles. The van der Waals surface area contributed by atoms with E-state index < -0.39 is 11.9 Å². The summed E-state index contributed by atoms with van der Waals surface area (Å²) >= 11 is 5.79. The predicted octanol–water partition coefficient (Wildman–Crippen LogP) is 4.06. The number of amides is 1. The summed E-state index contributed by atoms with van der Waals surface area (Å²) in [5, 5.41) is 6.03. The molecule has 0 atom stereocenters. The van der Waals surface area contributed by atoms with Crippen molar-refractivity contribution in [2.75, 3.05) is 5.32 Å². The summed E-state index contributed by atoms with van der Waals surface area (Å²) in [6.07, 6.45) is 0.266. The molecule has 0 radical (unpaired) electrons. The number of rotatable bonds is 3. The van der Waals surface area contributed by atoms with Gasteiger partial charge in [-0.25, -0.2) is 9.18 Å². The minimum Gasteiger partial charge on any atom is -0.298 e. The van der Waals surface area contributed by atoms with E-state index in [0.717, 1.165) is 6.21 Å². The molecule has 20 heavy (non-hydrogen) atoms. The molecule has 0 aliphatic heterocycles. The fourth-order valence-electron chi connectivity index (χ4n) is 1.42. The van der Waals surface area contributed by atoms with Crippen molar-refractivity contribution in [1.82, 2.24) is 0 Å². The summed E-state index contributed by atoms with van der Waals surface area (Å²) in [5.74, 6) is -0.548. The highest BCUT2D eigenvalue weighted by atomic mass is 35.5. The van der Waals surface area contributed by atoms with E-state index in [2.05, 4.69) is 15.3 Å². The molecular weight excluding hydrogens is 283 g/mol. The van der Waals surface area contributed by atoms with Gasteiger partial charge in [-0.05, 0) is 24.3 Å². The molecule has 4 nitrogen and oxygen atoms in total. The molecule has 2 aromatic rings. The maximum Gasteiger partial charge on any atom is 0.437 e. The molecule has 2 rings (SSSR count). The Morgan fingerprint density at radius 1 is 1.20 bits per heavy atom. The molecule has 0 aromatic heterocycles. The van der Waals surface area contributed by atoms with Crippen molar-refractivity contribution in [1.29, 1.82) is 0 Å². The van der Waals surface area contributed by atoms with Gasteiger partial charge in [0.2, 0.25) is 0 Å². The summed E-state index contributed by atoms with van der Waals surface area (Å²) in [7, 11) is 0. The minimum absolute atomic E-state index is 0.0571. The zero-order valence-corrected chi connectivity index (χ0v) is 11.0. The maximum atomic E-state index is 13.4. The van der Waals surface area contributed by atoms with Crippen LogP contribution in [0, 0.1) is 5.82 Å². The van der Waals surface area contributed by atoms with Crippen molar-refractivity contribution in [3.63, 3.8) is 0 Å². The van der Waals surface area contributed by atoms with Gasteiger partial charge in [0.1, 0.15) is 5.82 Å². The number of oxime groups is 1. The smallest absolute Gasteiger partial charge is 0.298 e. The molecule has 2 aromatic carbocycles. The fourth-order valence-corrected chi connectivity index (χ4v) is 1.63. The van der Waals surface area contributed by atoms with Crippen LogP contribution < -0.4 is 5.32 Å². The Morgan fingerprint density at radius 2 is 1.95 bits per heavy atom. The van der Waals surface area contributed by atoms with Crippen molar-refractivity contribution >= 4 is 29.6 Å². The molecule has 1 amide bonds. The molecule has 0 bridgehead atoms. The monoisotopic (exact) mass is 292 g/mol. The number of benzene rings is 2.